The number of hydrogen-bond acceptors (Lipinski definition) is 1. The Kier molecular flexibility index (Phi) is 3.77. The molecule has 0 aromatic carbocycles. The zero-order valence-corrected chi connectivity index (χ0v) is 11.9. The largest absolute Gasteiger partial charge is 0.382 e. The Bertz CT molecular complexity index is 593. The Morgan fingerprint density at radius 1 is 0.286 bits per heavy atom. The van der Waals surface area contributed by atoms with Crippen LogP contribution in [0.15, 0.2) is 0 Å². The maximum atomic E-state index is 14.3. The minimum atomic E-state index is -8.52. The van der Waals surface area contributed by atoms with E-state index in [1.165, 1.54) is 0 Å². The number of fused-ring (bicyclic) bond motifs is 1. The molecule has 0 aromatic rings. The first-order valence-corrected chi connectivity index (χ1v) is 6.19. The van der Waals surface area contributed by atoms with Crippen LogP contribution >= 0.6 is 0 Å². The zero-order valence-electron chi connectivity index (χ0n) is 11.9. The predicted octanol–water partition coefficient (Wildman–Crippen LogP) is 4.54. The summed E-state index contributed by atoms with van der Waals surface area (Å²) >= 11 is 0. The van der Waals surface area contributed by atoms with Gasteiger partial charge in [0.15, 0.2) is 0 Å². The van der Waals surface area contributed by atoms with Gasteiger partial charge in [0.2, 0.25) is 0 Å². The fourth-order valence-electron chi connectivity index (χ4n) is 2.95. The molecular weight excluding hydrogens is 459 g/mol. The second kappa shape index (κ2) is 4.58. The van der Waals surface area contributed by atoms with Crippen molar-refractivity contribution in [2.45, 2.75) is 58.7 Å². The quantitative estimate of drug-likeness (QED) is 0.527. The van der Waals surface area contributed by atoms with Gasteiger partial charge in [-0.25, -0.2) is 13.2 Å². The summed E-state index contributed by atoms with van der Waals surface area (Å²) in [4.78, 5) is 0. The molecule has 0 heterocycles. The van der Waals surface area contributed by atoms with Gasteiger partial charge in [0.05, 0.1) is 0 Å². The second-order valence-electron chi connectivity index (χ2n) is 5.96. The van der Waals surface area contributed by atoms with Crippen molar-refractivity contribution in [1.82, 2.24) is 0 Å². The van der Waals surface area contributed by atoms with E-state index in [0.29, 0.717) is 0 Å². The van der Waals surface area contributed by atoms with Gasteiger partial charge < -0.3 is 5.11 Å². The summed E-state index contributed by atoms with van der Waals surface area (Å²) in [6, 6.07) is 0. The first-order valence-electron chi connectivity index (χ1n) is 6.19. The van der Waals surface area contributed by atoms with Crippen molar-refractivity contribution in [1.29, 1.82) is 0 Å². The third-order valence-electron chi connectivity index (χ3n) is 4.62. The summed E-state index contributed by atoms with van der Waals surface area (Å²) in [6.07, 6.45) is 0. The molecule has 3 atom stereocenters. The molecule has 0 saturated heterocycles. The number of hydrogen-bond donors (Lipinski definition) is 1. The lowest BCUT2D eigenvalue weighted by Gasteiger charge is -2.63. The molecule has 2 saturated carbocycles. The van der Waals surface area contributed by atoms with E-state index in [4.69, 9.17) is 5.11 Å². The Balaban J connectivity index is 3.23. The van der Waals surface area contributed by atoms with Gasteiger partial charge in [-0.15, -0.1) is 0 Å². The molecule has 1 nitrogen and oxygen atoms in total. The van der Waals surface area contributed by atoms with E-state index in [-0.39, 0.29) is 0 Å². The summed E-state index contributed by atoms with van der Waals surface area (Å²) in [5.74, 6) is -65.6. The van der Waals surface area contributed by atoms with Crippen LogP contribution < -0.4 is 0 Å². The van der Waals surface area contributed by atoms with E-state index in [9.17, 15) is 74.6 Å². The standard InChI is InChI=1S/C10HF17O/c11-1-2(12,5(17,18)7(21,22)6(19,20)3(1,13)14)10(27,28)9(25,26)8(23,24)4(1,15)16/h28H/t1-,2-,10?/m1/s1. The maximum absolute atomic E-state index is 14.3. The molecule has 1 N–H and O–H groups in total. The van der Waals surface area contributed by atoms with E-state index in [0.717, 1.165) is 0 Å². The van der Waals surface area contributed by atoms with Crippen molar-refractivity contribution >= 4 is 0 Å². The third kappa shape index (κ3) is 1.46. The first kappa shape index (κ1) is 23.1. The highest BCUT2D eigenvalue weighted by Gasteiger charge is 3.14. The van der Waals surface area contributed by atoms with Crippen molar-refractivity contribution in [3.8, 4) is 0 Å². The first-order chi connectivity index (χ1) is 11.8. The number of aliphatic hydroxyl groups is 1. The van der Waals surface area contributed by atoms with Gasteiger partial charge in [-0.3, -0.25) is 0 Å². The summed E-state index contributed by atoms with van der Waals surface area (Å²) < 4.78 is 229. The number of alkyl halides is 17. The lowest BCUT2D eigenvalue weighted by molar-refractivity contribution is -0.568. The van der Waals surface area contributed by atoms with Gasteiger partial charge in [0.25, 0.3) is 11.3 Å². The molecule has 18 heteroatoms. The fraction of sp³-hybridized carbons (Fsp3) is 1.00. The lowest BCUT2D eigenvalue weighted by Crippen LogP contribution is -2.99. The average Bonchev–Trinajstić information content (AvgIpc) is 2.49. The monoisotopic (exact) mass is 460 g/mol. The molecule has 2 fully saturated rings. The van der Waals surface area contributed by atoms with Crippen molar-refractivity contribution in [2.24, 2.45) is 0 Å². The Hall–Kier alpha value is -1.23. The van der Waals surface area contributed by atoms with E-state index < -0.39 is 58.7 Å². The Morgan fingerprint density at radius 3 is 0.786 bits per heavy atom. The topological polar surface area (TPSA) is 20.2 Å². The van der Waals surface area contributed by atoms with Gasteiger partial charge >= 0.3 is 47.3 Å². The molecule has 0 aromatic heterocycles. The van der Waals surface area contributed by atoms with Crippen molar-refractivity contribution in [3.05, 3.63) is 0 Å². The minimum Gasteiger partial charge on any atom is -0.354 e. The zero-order chi connectivity index (χ0) is 23.0. The van der Waals surface area contributed by atoms with Crippen LogP contribution in [0.4, 0.5) is 74.6 Å². The van der Waals surface area contributed by atoms with Gasteiger partial charge in [-0.05, 0) is 0 Å². The lowest BCUT2D eigenvalue weighted by atomic mass is 9.54. The third-order valence-corrected chi connectivity index (χ3v) is 4.62. The van der Waals surface area contributed by atoms with Crippen molar-refractivity contribution in [2.75, 3.05) is 0 Å². The molecule has 2 aliphatic carbocycles. The predicted molar refractivity (Wildman–Crippen MR) is 48.4 cm³/mol. The molecule has 1 unspecified atom stereocenters. The smallest absolute Gasteiger partial charge is 0.354 e. The van der Waals surface area contributed by atoms with Crippen LogP contribution in [0.25, 0.3) is 0 Å². The molecule has 0 aliphatic heterocycles. The summed E-state index contributed by atoms with van der Waals surface area (Å²) in [5.41, 5.74) is -16.9. The van der Waals surface area contributed by atoms with Gasteiger partial charge in [0, 0.05) is 0 Å². The van der Waals surface area contributed by atoms with Crippen LogP contribution in [0.2, 0.25) is 0 Å². The average molecular weight is 460 g/mol. The van der Waals surface area contributed by atoms with E-state index >= 15 is 0 Å². The van der Waals surface area contributed by atoms with E-state index in [2.05, 4.69) is 0 Å². The Labute approximate surface area is 140 Å². The highest BCUT2D eigenvalue weighted by atomic mass is 19.4. The summed E-state index contributed by atoms with van der Waals surface area (Å²) in [6.45, 7) is 0. The van der Waals surface area contributed by atoms with Crippen molar-refractivity contribution < 1.29 is 79.7 Å². The van der Waals surface area contributed by atoms with Crippen LogP contribution in [0.5, 0.6) is 0 Å². The van der Waals surface area contributed by atoms with Crippen LogP contribution in [-0.2, 0) is 0 Å². The van der Waals surface area contributed by atoms with Crippen molar-refractivity contribution in [3.63, 3.8) is 0 Å². The SMILES string of the molecule is OC1(F)C(F)(F)C(F)(F)C(F)(F)[C@]2(F)C(F)(F)C(F)(F)C(F)(F)C(F)(F)[C@@]12F. The number of rotatable bonds is 0. The Morgan fingerprint density at radius 2 is 0.500 bits per heavy atom. The van der Waals surface area contributed by atoms with Crippen LogP contribution in [0.1, 0.15) is 0 Å². The summed E-state index contributed by atoms with van der Waals surface area (Å²) in [5, 5.41) is 8.42. The van der Waals surface area contributed by atoms with Crippen LogP contribution in [-0.4, -0.2) is 63.8 Å². The van der Waals surface area contributed by atoms with Gasteiger partial charge in [0.1, 0.15) is 0 Å². The normalized spacial score (nSPS) is 46.5. The van der Waals surface area contributed by atoms with Crippen LogP contribution in [0.3, 0.4) is 0 Å². The van der Waals surface area contributed by atoms with E-state index in [1.807, 2.05) is 0 Å². The van der Waals surface area contributed by atoms with Gasteiger partial charge in [-0.2, -0.15) is 61.5 Å². The molecule has 0 radical (unpaired) electrons. The highest BCUT2D eigenvalue weighted by molar-refractivity contribution is 5.42. The molecule has 0 bridgehead atoms. The molecule has 2 aliphatic rings. The molecule has 2 rings (SSSR count). The highest BCUT2D eigenvalue weighted by Crippen LogP contribution is 2.80. The van der Waals surface area contributed by atoms with E-state index in [1.54, 1.807) is 0 Å². The minimum absolute atomic E-state index is 7.98. The summed E-state index contributed by atoms with van der Waals surface area (Å²) in [7, 11) is 0. The maximum Gasteiger partial charge on any atom is 0.382 e. The number of halogens is 17. The molecule has 28 heavy (non-hydrogen) atoms. The molecule has 0 amide bonds. The molecular formula is C10HF17O. The van der Waals surface area contributed by atoms with Crippen LogP contribution in [0, 0.1) is 0 Å². The van der Waals surface area contributed by atoms with Gasteiger partial charge in [-0.1, -0.05) is 0 Å². The fourth-order valence-corrected chi connectivity index (χ4v) is 2.95. The second-order valence-corrected chi connectivity index (χ2v) is 5.96. The molecule has 0 spiro atoms. The molecule has 166 valence electrons.